The molecule has 0 atom stereocenters. The monoisotopic (exact) mass is 286 g/mol. The van der Waals surface area contributed by atoms with Crippen molar-refractivity contribution in [2.24, 2.45) is 0 Å². The molecular weight excluding hydrogens is 276 g/mol. The van der Waals surface area contributed by atoms with Crippen LogP contribution in [-0.4, -0.2) is 24.9 Å². The number of nitro benzene ring substituents is 1. The summed E-state index contributed by atoms with van der Waals surface area (Å²) >= 11 is 0. The largest absolute Gasteiger partial charge is 0.430 e. The Hall–Kier alpha value is -3.23. The van der Waals surface area contributed by atoms with Crippen LogP contribution in [0.5, 0.6) is 11.6 Å². The van der Waals surface area contributed by atoms with Gasteiger partial charge in [-0.05, 0) is 13.0 Å². The summed E-state index contributed by atoms with van der Waals surface area (Å²) in [4.78, 5) is 25.3. The van der Waals surface area contributed by atoms with Gasteiger partial charge in [0, 0.05) is 5.56 Å². The van der Waals surface area contributed by atoms with Crippen molar-refractivity contribution < 1.29 is 9.66 Å². The first-order valence-electron chi connectivity index (χ1n) is 5.94. The van der Waals surface area contributed by atoms with Gasteiger partial charge in [0.1, 0.15) is 5.52 Å². The number of aryl methyl sites for hydroxylation is 1. The fraction of sp³-hybridized carbons (Fsp3) is 0.0833. The van der Waals surface area contributed by atoms with Crippen LogP contribution in [-0.2, 0) is 0 Å². The maximum absolute atomic E-state index is 11.2. The highest BCUT2D eigenvalue weighted by atomic mass is 16.6. The number of aromatic amines is 1. The molecule has 0 aliphatic rings. The molecule has 3 N–H and O–H groups in total. The van der Waals surface area contributed by atoms with Crippen molar-refractivity contribution in [1.82, 2.24) is 19.9 Å². The predicted octanol–water partition coefficient (Wildman–Crippen LogP) is 1.94. The number of fused-ring (bicyclic) bond motifs is 1. The fourth-order valence-electron chi connectivity index (χ4n) is 1.95. The first-order valence-corrected chi connectivity index (χ1v) is 5.94. The zero-order chi connectivity index (χ0) is 15.0. The molecule has 0 radical (unpaired) electrons. The fourth-order valence-corrected chi connectivity index (χ4v) is 1.95. The average Bonchev–Trinajstić information content (AvgIpc) is 2.86. The van der Waals surface area contributed by atoms with Crippen LogP contribution in [0.2, 0.25) is 0 Å². The van der Waals surface area contributed by atoms with E-state index in [0.717, 1.165) is 0 Å². The van der Waals surface area contributed by atoms with Crippen molar-refractivity contribution in [2.45, 2.75) is 6.92 Å². The summed E-state index contributed by atoms with van der Waals surface area (Å²) in [6.45, 7) is 1.63. The Morgan fingerprint density at radius 1 is 1.38 bits per heavy atom. The minimum absolute atomic E-state index is 0.0279. The third kappa shape index (κ3) is 2.20. The maximum Gasteiger partial charge on any atom is 0.314 e. The molecule has 0 amide bonds. The van der Waals surface area contributed by atoms with Crippen LogP contribution in [0.15, 0.2) is 24.5 Å². The lowest BCUT2D eigenvalue weighted by atomic mass is 10.2. The Morgan fingerprint density at radius 3 is 2.95 bits per heavy atom. The molecule has 0 fully saturated rings. The number of H-pyrrole nitrogens is 1. The van der Waals surface area contributed by atoms with Gasteiger partial charge in [-0.2, -0.15) is 9.97 Å². The molecular formula is C12H10N6O3. The number of benzene rings is 1. The van der Waals surface area contributed by atoms with E-state index >= 15 is 0 Å². The highest BCUT2D eigenvalue weighted by Gasteiger charge is 2.21. The highest BCUT2D eigenvalue weighted by molar-refractivity contribution is 5.77. The third-order valence-corrected chi connectivity index (χ3v) is 2.86. The second kappa shape index (κ2) is 4.71. The molecule has 2 aromatic heterocycles. The number of hydrogen-bond acceptors (Lipinski definition) is 7. The number of ether oxygens (including phenoxy) is 1. The van der Waals surface area contributed by atoms with E-state index in [-0.39, 0.29) is 23.3 Å². The Balaban J connectivity index is 2.13. The second-order valence-corrected chi connectivity index (χ2v) is 4.27. The molecule has 0 spiro atoms. The van der Waals surface area contributed by atoms with Crippen LogP contribution >= 0.6 is 0 Å². The van der Waals surface area contributed by atoms with Crippen LogP contribution in [0.1, 0.15) is 5.56 Å². The van der Waals surface area contributed by atoms with Crippen molar-refractivity contribution in [3.8, 4) is 11.6 Å². The number of nitrogens with zero attached hydrogens (tertiary/aromatic N) is 4. The number of nitro groups is 1. The minimum Gasteiger partial charge on any atom is -0.430 e. The van der Waals surface area contributed by atoms with Gasteiger partial charge in [-0.15, -0.1) is 0 Å². The smallest absolute Gasteiger partial charge is 0.314 e. The molecule has 0 saturated heterocycles. The number of para-hydroxylation sites is 1. The molecule has 2 heterocycles. The van der Waals surface area contributed by atoms with E-state index in [0.29, 0.717) is 16.7 Å². The van der Waals surface area contributed by atoms with E-state index in [1.54, 1.807) is 19.1 Å². The summed E-state index contributed by atoms with van der Waals surface area (Å²) in [5, 5.41) is 11.2. The predicted molar refractivity (Wildman–Crippen MR) is 74.0 cm³/mol. The quantitative estimate of drug-likeness (QED) is 0.555. The molecule has 3 aromatic rings. The first kappa shape index (κ1) is 12.8. The first-order chi connectivity index (χ1) is 10.1. The molecule has 1 aromatic carbocycles. The van der Waals surface area contributed by atoms with Crippen LogP contribution < -0.4 is 10.5 Å². The van der Waals surface area contributed by atoms with E-state index in [1.165, 1.54) is 12.4 Å². The number of anilines is 1. The van der Waals surface area contributed by atoms with Gasteiger partial charge < -0.3 is 15.5 Å². The molecule has 106 valence electrons. The summed E-state index contributed by atoms with van der Waals surface area (Å²) in [6.07, 6.45) is 1.41. The molecule has 0 saturated carbocycles. The van der Waals surface area contributed by atoms with Gasteiger partial charge in [0.15, 0.2) is 5.65 Å². The normalized spacial score (nSPS) is 10.7. The summed E-state index contributed by atoms with van der Waals surface area (Å²) in [5.74, 6) is 0.137. The van der Waals surface area contributed by atoms with Crippen LogP contribution in [0.4, 0.5) is 11.6 Å². The number of nitrogens with one attached hydrogen (secondary N) is 1. The number of imidazole rings is 1. The lowest BCUT2D eigenvalue weighted by Crippen LogP contribution is -2.00. The number of rotatable bonds is 3. The van der Waals surface area contributed by atoms with E-state index < -0.39 is 4.92 Å². The summed E-state index contributed by atoms with van der Waals surface area (Å²) in [7, 11) is 0. The zero-order valence-electron chi connectivity index (χ0n) is 10.9. The van der Waals surface area contributed by atoms with E-state index in [4.69, 9.17) is 10.5 Å². The molecule has 3 rings (SSSR count). The van der Waals surface area contributed by atoms with Crippen molar-refractivity contribution in [1.29, 1.82) is 0 Å². The highest BCUT2D eigenvalue weighted by Crippen LogP contribution is 2.34. The molecule has 0 aliphatic heterocycles. The van der Waals surface area contributed by atoms with Crippen molar-refractivity contribution >= 4 is 22.8 Å². The maximum atomic E-state index is 11.2. The molecule has 9 heteroatoms. The van der Waals surface area contributed by atoms with Gasteiger partial charge >= 0.3 is 5.69 Å². The van der Waals surface area contributed by atoms with Gasteiger partial charge in [-0.1, -0.05) is 12.1 Å². The Morgan fingerprint density at radius 2 is 2.19 bits per heavy atom. The van der Waals surface area contributed by atoms with Gasteiger partial charge in [0.05, 0.1) is 11.3 Å². The number of aromatic nitrogens is 4. The van der Waals surface area contributed by atoms with Crippen LogP contribution in [0.25, 0.3) is 11.2 Å². The molecule has 9 nitrogen and oxygen atoms in total. The summed E-state index contributed by atoms with van der Waals surface area (Å²) in [6, 6.07) is 4.78. The number of nitrogens with two attached hydrogens (primary N) is 1. The third-order valence-electron chi connectivity index (χ3n) is 2.86. The number of hydrogen-bond donors (Lipinski definition) is 2. The van der Waals surface area contributed by atoms with Crippen LogP contribution in [0, 0.1) is 17.0 Å². The van der Waals surface area contributed by atoms with E-state index in [2.05, 4.69) is 19.9 Å². The van der Waals surface area contributed by atoms with Gasteiger partial charge in [0.2, 0.25) is 11.7 Å². The summed E-state index contributed by atoms with van der Waals surface area (Å²) < 4.78 is 5.56. The Kier molecular flexibility index (Phi) is 2.87. The lowest BCUT2D eigenvalue weighted by Gasteiger charge is -2.07. The standard InChI is InChI=1S/C12H10N6O3/c1-6-3-2-4-7(9(6)18(19)20)21-11-8-10(15-5-14-8)16-12(13)17-11/h2-5H,1H3,(H3,13,14,15,16,17). The minimum atomic E-state index is -0.501. The molecule has 0 bridgehead atoms. The van der Waals surface area contributed by atoms with E-state index in [9.17, 15) is 10.1 Å². The molecule has 0 unspecified atom stereocenters. The Labute approximate surface area is 118 Å². The SMILES string of the molecule is Cc1cccc(Oc2nc(N)nc3nc[nH]c23)c1[N+](=O)[O-]. The lowest BCUT2D eigenvalue weighted by molar-refractivity contribution is -0.386. The van der Waals surface area contributed by atoms with Gasteiger partial charge in [-0.25, -0.2) is 4.98 Å². The van der Waals surface area contributed by atoms with Gasteiger partial charge in [0.25, 0.3) is 5.88 Å². The topological polar surface area (TPSA) is 133 Å². The average molecular weight is 286 g/mol. The van der Waals surface area contributed by atoms with Crippen LogP contribution in [0.3, 0.4) is 0 Å². The second-order valence-electron chi connectivity index (χ2n) is 4.27. The molecule has 21 heavy (non-hydrogen) atoms. The van der Waals surface area contributed by atoms with Gasteiger partial charge in [-0.3, -0.25) is 10.1 Å². The van der Waals surface area contributed by atoms with E-state index in [1.807, 2.05) is 0 Å². The van der Waals surface area contributed by atoms with Crippen molar-refractivity contribution in [3.05, 3.63) is 40.2 Å². The summed E-state index contributed by atoms with van der Waals surface area (Å²) in [5.41, 5.74) is 6.68. The molecule has 0 aliphatic carbocycles. The van der Waals surface area contributed by atoms with Crippen molar-refractivity contribution in [2.75, 3.05) is 5.73 Å². The zero-order valence-corrected chi connectivity index (χ0v) is 10.9. The van der Waals surface area contributed by atoms with Crippen molar-refractivity contribution in [3.63, 3.8) is 0 Å². The Bertz CT molecular complexity index is 844. The number of nitrogen functional groups attached to an aromatic ring is 1.